The van der Waals surface area contributed by atoms with E-state index in [0.29, 0.717) is 5.69 Å². The molecule has 1 fully saturated rings. The number of para-hydroxylation sites is 1. The van der Waals surface area contributed by atoms with Crippen LogP contribution in [0, 0.1) is 13.8 Å². The number of quaternary nitrogens is 1. The van der Waals surface area contributed by atoms with Gasteiger partial charge in [0.05, 0.1) is 16.8 Å². The first-order valence-electron chi connectivity index (χ1n) is 9.88. The monoisotopic (exact) mass is 409 g/mol. The summed E-state index contributed by atoms with van der Waals surface area (Å²) < 4.78 is 1.17. The van der Waals surface area contributed by atoms with Crippen molar-refractivity contribution in [3.05, 3.63) is 58.6 Å². The molecule has 7 heteroatoms. The Hall–Kier alpha value is -2.77. The van der Waals surface area contributed by atoms with Gasteiger partial charge in [0.25, 0.3) is 5.91 Å². The number of amides is 3. The molecule has 1 aromatic heterocycles. The van der Waals surface area contributed by atoms with Gasteiger partial charge in [-0.2, -0.15) is 0 Å². The maximum atomic E-state index is 12.5. The molecule has 0 aliphatic carbocycles. The number of likely N-dealkylation sites (tertiary alicyclic amines) is 1. The average molecular weight is 410 g/mol. The molecule has 2 heterocycles. The molecule has 0 bridgehead atoms. The number of hydrogen-bond donors (Lipinski definition) is 3. The molecule has 2 aromatic carbocycles. The molecule has 0 saturated carbocycles. The summed E-state index contributed by atoms with van der Waals surface area (Å²) in [5, 5.41) is 6.31. The number of thiazole rings is 1. The highest BCUT2D eigenvalue weighted by Crippen LogP contribution is 2.28. The van der Waals surface area contributed by atoms with E-state index in [4.69, 9.17) is 4.98 Å². The van der Waals surface area contributed by atoms with Crippen LogP contribution < -0.4 is 15.5 Å². The summed E-state index contributed by atoms with van der Waals surface area (Å²) in [6.45, 7) is 5.11. The number of nitrogens with one attached hydrogen (secondary N) is 3. The number of imide groups is 1. The Morgan fingerprint density at radius 1 is 1.21 bits per heavy atom. The van der Waals surface area contributed by atoms with Crippen LogP contribution in [0.5, 0.6) is 0 Å². The topological polar surface area (TPSA) is 75.5 Å². The quantitative estimate of drug-likeness (QED) is 0.620. The minimum atomic E-state index is -0.489. The third kappa shape index (κ3) is 4.46. The van der Waals surface area contributed by atoms with Crippen molar-refractivity contribution in [3.63, 3.8) is 0 Å². The Morgan fingerprint density at radius 3 is 2.83 bits per heavy atom. The van der Waals surface area contributed by atoms with E-state index in [2.05, 4.69) is 16.7 Å². The first kappa shape index (κ1) is 19.5. The normalized spacial score (nSPS) is 18.7. The molecular weight excluding hydrogens is 384 g/mol. The number of aryl methyl sites for hydroxylation is 2. The maximum Gasteiger partial charge on any atom is 0.326 e. The number of rotatable bonds is 4. The average Bonchev–Trinajstić information content (AvgIpc) is 3.30. The van der Waals surface area contributed by atoms with Crippen LogP contribution in [0.15, 0.2) is 42.5 Å². The van der Waals surface area contributed by atoms with Crippen molar-refractivity contribution in [1.29, 1.82) is 0 Å². The van der Waals surface area contributed by atoms with E-state index >= 15 is 0 Å². The number of benzene rings is 2. The zero-order valence-corrected chi connectivity index (χ0v) is 17.4. The molecule has 29 heavy (non-hydrogen) atoms. The lowest BCUT2D eigenvalue weighted by Gasteiger charge is -2.19. The molecule has 4 rings (SSSR count). The van der Waals surface area contributed by atoms with E-state index in [9.17, 15) is 9.59 Å². The van der Waals surface area contributed by atoms with E-state index in [1.807, 2.05) is 50.2 Å². The zero-order valence-electron chi connectivity index (χ0n) is 16.6. The standard InChI is InChI=1S/C22H24N4O2S/c1-14-9-10-16(15(2)12-14)24-22(28)25-20(27)13-26-11-5-7-18(26)21-23-17-6-3-4-8-19(17)29-21/h3-4,6,8-10,12,18H,5,7,11,13H2,1-2H3,(H2,24,25,27,28)/p+1/t18-/m0/s1. The summed E-state index contributed by atoms with van der Waals surface area (Å²) in [5.41, 5.74) is 3.81. The van der Waals surface area contributed by atoms with Crippen molar-refractivity contribution >= 4 is 39.2 Å². The predicted octanol–water partition coefficient (Wildman–Crippen LogP) is 2.98. The van der Waals surface area contributed by atoms with Gasteiger partial charge >= 0.3 is 6.03 Å². The second kappa shape index (κ2) is 8.31. The number of anilines is 1. The van der Waals surface area contributed by atoms with E-state index in [1.54, 1.807) is 11.3 Å². The van der Waals surface area contributed by atoms with Gasteiger partial charge in [0.1, 0.15) is 6.04 Å². The summed E-state index contributed by atoms with van der Waals surface area (Å²) in [7, 11) is 0. The van der Waals surface area contributed by atoms with Gasteiger partial charge in [-0.3, -0.25) is 10.1 Å². The summed E-state index contributed by atoms with van der Waals surface area (Å²) in [6.07, 6.45) is 2.06. The fourth-order valence-electron chi connectivity index (χ4n) is 3.94. The second-order valence-corrected chi connectivity index (χ2v) is 8.68. The fourth-order valence-corrected chi connectivity index (χ4v) is 5.11. The molecule has 0 spiro atoms. The van der Waals surface area contributed by atoms with Gasteiger partial charge in [-0.15, -0.1) is 11.3 Å². The number of nitrogens with zero attached hydrogens (tertiary/aromatic N) is 1. The van der Waals surface area contributed by atoms with Crippen LogP contribution >= 0.6 is 11.3 Å². The van der Waals surface area contributed by atoms with Crippen molar-refractivity contribution in [3.8, 4) is 0 Å². The van der Waals surface area contributed by atoms with Crippen molar-refractivity contribution < 1.29 is 14.5 Å². The maximum absolute atomic E-state index is 12.5. The van der Waals surface area contributed by atoms with E-state index in [1.165, 1.54) is 9.60 Å². The molecule has 150 valence electrons. The van der Waals surface area contributed by atoms with Crippen LogP contribution in [-0.4, -0.2) is 30.0 Å². The summed E-state index contributed by atoms with van der Waals surface area (Å²) in [4.78, 5) is 30.7. The molecule has 1 unspecified atom stereocenters. The SMILES string of the molecule is Cc1ccc(NC(=O)NC(=O)C[NH+]2CCC[C@H]2c2nc3ccccc3s2)c(C)c1. The summed E-state index contributed by atoms with van der Waals surface area (Å²) in [5.74, 6) is -0.268. The van der Waals surface area contributed by atoms with Gasteiger partial charge < -0.3 is 10.2 Å². The molecule has 3 amide bonds. The number of aromatic nitrogens is 1. The van der Waals surface area contributed by atoms with E-state index in [-0.39, 0.29) is 18.5 Å². The largest absolute Gasteiger partial charge is 0.326 e. The summed E-state index contributed by atoms with van der Waals surface area (Å²) in [6, 6.07) is 13.6. The zero-order chi connectivity index (χ0) is 20.4. The van der Waals surface area contributed by atoms with Gasteiger partial charge in [0.2, 0.25) is 0 Å². The van der Waals surface area contributed by atoms with Gasteiger partial charge in [-0.1, -0.05) is 29.8 Å². The second-order valence-electron chi connectivity index (χ2n) is 7.62. The molecule has 0 radical (unpaired) electrons. The highest BCUT2D eigenvalue weighted by molar-refractivity contribution is 7.18. The fraction of sp³-hybridized carbons (Fsp3) is 0.318. The van der Waals surface area contributed by atoms with Crippen molar-refractivity contribution in [1.82, 2.24) is 10.3 Å². The molecule has 3 N–H and O–H groups in total. The van der Waals surface area contributed by atoms with Crippen molar-refractivity contribution in [2.24, 2.45) is 0 Å². The molecule has 1 aliphatic heterocycles. The number of fused-ring (bicyclic) bond motifs is 1. The van der Waals surface area contributed by atoms with Crippen LogP contribution in [0.4, 0.5) is 10.5 Å². The highest BCUT2D eigenvalue weighted by atomic mass is 32.1. The molecular formula is C22H25N4O2S+. The third-order valence-corrected chi connectivity index (χ3v) is 6.51. The molecule has 1 saturated heterocycles. The van der Waals surface area contributed by atoms with E-state index < -0.39 is 6.03 Å². The Balaban J connectivity index is 1.37. The Labute approximate surface area is 173 Å². The Bertz CT molecular complexity index is 1030. The van der Waals surface area contributed by atoms with E-state index in [0.717, 1.165) is 41.0 Å². The van der Waals surface area contributed by atoms with Crippen LogP contribution in [0.2, 0.25) is 0 Å². The van der Waals surface area contributed by atoms with Gasteiger partial charge in [0, 0.05) is 18.5 Å². The predicted molar refractivity (Wildman–Crippen MR) is 115 cm³/mol. The molecule has 1 aliphatic rings. The third-order valence-electron chi connectivity index (χ3n) is 5.36. The first-order valence-corrected chi connectivity index (χ1v) is 10.7. The number of carbonyl (C=O) groups excluding carboxylic acids is 2. The lowest BCUT2D eigenvalue weighted by Crippen LogP contribution is -3.11. The minimum Gasteiger partial charge on any atom is -0.319 e. The molecule has 6 nitrogen and oxygen atoms in total. The molecule has 3 aromatic rings. The highest BCUT2D eigenvalue weighted by Gasteiger charge is 2.34. The van der Waals surface area contributed by atoms with Crippen LogP contribution in [0.25, 0.3) is 10.2 Å². The van der Waals surface area contributed by atoms with Gasteiger partial charge in [-0.05, 0) is 37.6 Å². The van der Waals surface area contributed by atoms with Crippen molar-refractivity contribution in [2.45, 2.75) is 32.7 Å². The van der Waals surface area contributed by atoms with Crippen LogP contribution in [0.1, 0.15) is 35.0 Å². The lowest BCUT2D eigenvalue weighted by molar-refractivity contribution is -0.910. The number of hydrogen-bond acceptors (Lipinski definition) is 4. The summed E-state index contributed by atoms with van der Waals surface area (Å²) >= 11 is 1.70. The molecule has 2 atom stereocenters. The minimum absolute atomic E-state index is 0.209. The Morgan fingerprint density at radius 2 is 2.03 bits per heavy atom. The smallest absolute Gasteiger partial charge is 0.319 e. The number of urea groups is 1. The first-order chi connectivity index (χ1) is 14.0. The van der Waals surface area contributed by atoms with Crippen molar-refractivity contribution in [2.75, 3.05) is 18.4 Å². The van der Waals surface area contributed by atoms with Gasteiger partial charge in [-0.25, -0.2) is 9.78 Å². The number of carbonyl (C=O) groups is 2. The Kier molecular flexibility index (Phi) is 5.60. The lowest BCUT2D eigenvalue weighted by atomic mass is 10.1. The van der Waals surface area contributed by atoms with Gasteiger partial charge in [0.15, 0.2) is 11.6 Å². The van der Waals surface area contributed by atoms with Crippen LogP contribution in [-0.2, 0) is 4.79 Å². The van der Waals surface area contributed by atoms with Crippen LogP contribution in [0.3, 0.4) is 0 Å².